The van der Waals surface area contributed by atoms with Crippen molar-refractivity contribution in [3.8, 4) is 11.5 Å². The molecule has 0 unspecified atom stereocenters. The van der Waals surface area contributed by atoms with Gasteiger partial charge in [0.2, 0.25) is 0 Å². The summed E-state index contributed by atoms with van der Waals surface area (Å²) in [7, 11) is 1.62. The molecule has 28 heavy (non-hydrogen) atoms. The number of aliphatic hydroxyl groups excluding tert-OH is 1. The van der Waals surface area contributed by atoms with Gasteiger partial charge in [-0.1, -0.05) is 60.1 Å². The van der Waals surface area contributed by atoms with E-state index in [1.165, 1.54) is 0 Å². The molecule has 0 aliphatic rings. The minimum absolute atomic E-state index is 0.414. The molecular weight excluding hydrogens is 374 g/mol. The lowest BCUT2D eigenvalue weighted by atomic mass is 10.1. The quantitative estimate of drug-likeness (QED) is 0.547. The van der Waals surface area contributed by atoms with Crippen LogP contribution in [-0.2, 0) is 13.2 Å². The molecule has 2 N–H and O–H groups in total. The van der Waals surface area contributed by atoms with Crippen LogP contribution in [0.2, 0.25) is 5.02 Å². The number of benzene rings is 3. The summed E-state index contributed by atoms with van der Waals surface area (Å²) in [5.41, 5.74) is 2.94. The number of halogens is 1. The zero-order valence-corrected chi connectivity index (χ0v) is 16.5. The van der Waals surface area contributed by atoms with E-state index in [9.17, 15) is 5.11 Å². The first-order chi connectivity index (χ1) is 13.7. The lowest BCUT2D eigenvalue weighted by Gasteiger charge is -2.14. The molecule has 0 fully saturated rings. The van der Waals surface area contributed by atoms with Crippen molar-refractivity contribution >= 4 is 11.6 Å². The van der Waals surface area contributed by atoms with E-state index in [1.807, 2.05) is 72.8 Å². The average Bonchev–Trinajstić information content (AvgIpc) is 2.73. The van der Waals surface area contributed by atoms with Crippen molar-refractivity contribution in [2.75, 3.05) is 13.7 Å². The van der Waals surface area contributed by atoms with Crippen molar-refractivity contribution in [2.45, 2.75) is 19.3 Å². The second-order valence-electron chi connectivity index (χ2n) is 6.46. The summed E-state index contributed by atoms with van der Waals surface area (Å²) in [5, 5.41) is 14.2. The molecule has 146 valence electrons. The number of ether oxygens (including phenoxy) is 2. The Morgan fingerprint density at radius 3 is 2.50 bits per heavy atom. The van der Waals surface area contributed by atoms with Crippen molar-refractivity contribution in [3.63, 3.8) is 0 Å². The Hall–Kier alpha value is -2.53. The summed E-state index contributed by atoms with van der Waals surface area (Å²) >= 11 is 6.01. The van der Waals surface area contributed by atoms with Gasteiger partial charge in [-0.05, 0) is 41.0 Å². The molecule has 3 aromatic rings. The summed E-state index contributed by atoms with van der Waals surface area (Å²) < 4.78 is 11.3. The molecule has 0 heterocycles. The lowest BCUT2D eigenvalue weighted by Crippen LogP contribution is -2.21. The maximum Gasteiger partial charge on any atom is 0.161 e. The molecule has 0 amide bonds. The Labute approximate surface area is 170 Å². The van der Waals surface area contributed by atoms with E-state index in [0.717, 1.165) is 16.7 Å². The standard InChI is InChI=1S/C23H24ClNO3/c1-27-23-13-17(14-25-15-21(26)19-7-3-2-4-8-19)10-11-22(23)28-16-18-6-5-9-20(24)12-18/h2-13,21,25-26H,14-16H2,1H3/t21-/m1/s1. The van der Waals surface area contributed by atoms with Crippen LogP contribution in [0.25, 0.3) is 0 Å². The van der Waals surface area contributed by atoms with E-state index in [4.69, 9.17) is 21.1 Å². The molecule has 0 aliphatic heterocycles. The van der Waals surface area contributed by atoms with Crippen LogP contribution in [0.1, 0.15) is 22.8 Å². The van der Waals surface area contributed by atoms with Crippen LogP contribution in [-0.4, -0.2) is 18.8 Å². The molecule has 0 saturated heterocycles. The predicted octanol–water partition coefficient (Wildman–Crippen LogP) is 4.75. The summed E-state index contributed by atoms with van der Waals surface area (Å²) in [6.45, 7) is 1.51. The minimum Gasteiger partial charge on any atom is -0.493 e. The zero-order valence-electron chi connectivity index (χ0n) is 15.8. The van der Waals surface area contributed by atoms with E-state index >= 15 is 0 Å². The van der Waals surface area contributed by atoms with Gasteiger partial charge in [-0.15, -0.1) is 0 Å². The van der Waals surface area contributed by atoms with Gasteiger partial charge in [0.25, 0.3) is 0 Å². The van der Waals surface area contributed by atoms with Crippen LogP contribution in [0.15, 0.2) is 72.8 Å². The van der Waals surface area contributed by atoms with Gasteiger partial charge in [-0.2, -0.15) is 0 Å². The highest BCUT2D eigenvalue weighted by Gasteiger charge is 2.09. The average molecular weight is 398 g/mol. The highest BCUT2D eigenvalue weighted by atomic mass is 35.5. The number of rotatable bonds is 9. The molecule has 3 rings (SSSR count). The van der Waals surface area contributed by atoms with Gasteiger partial charge in [-0.3, -0.25) is 0 Å². The fourth-order valence-electron chi connectivity index (χ4n) is 2.88. The second kappa shape index (κ2) is 10.1. The second-order valence-corrected chi connectivity index (χ2v) is 6.90. The molecule has 0 aromatic heterocycles. The first-order valence-corrected chi connectivity index (χ1v) is 9.51. The van der Waals surface area contributed by atoms with Crippen LogP contribution in [0.4, 0.5) is 0 Å². The largest absolute Gasteiger partial charge is 0.493 e. The first kappa shape index (κ1) is 20.2. The molecule has 3 aromatic carbocycles. The van der Waals surface area contributed by atoms with Crippen LogP contribution in [0.3, 0.4) is 0 Å². The van der Waals surface area contributed by atoms with Crippen LogP contribution < -0.4 is 14.8 Å². The molecule has 0 saturated carbocycles. The van der Waals surface area contributed by atoms with Crippen molar-refractivity contribution < 1.29 is 14.6 Å². The summed E-state index contributed by atoms with van der Waals surface area (Å²) in [6, 6.07) is 23.0. The third kappa shape index (κ3) is 5.73. The third-order valence-corrected chi connectivity index (χ3v) is 4.60. The molecule has 1 atom stereocenters. The fourth-order valence-corrected chi connectivity index (χ4v) is 3.09. The lowest BCUT2D eigenvalue weighted by molar-refractivity contribution is 0.174. The summed E-state index contributed by atoms with van der Waals surface area (Å²) in [5.74, 6) is 1.35. The fraction of sp³-hybridized carbons (Fsp3) is 0.217. The van der Waals surface area contributed by atoms with Gasteiger partial charge in [0.1, 0.15) is 6.61 Å². The van der Waals surface area contributed by atoms with E-state index in [2.05, 4.69) is 5.32 Å². The monoisotopic (exact) mass is 397 g/mol. The maximum absolute atomic E-state index is 10.2. The van der Waals surface area contributed by atoms with Gasteiger partial charge < -0.3 is 19.9 Å². The Morgan fingerprint density at radius 1 is 0.929 bits per heavy atom. The van der Waals surface area contributed by atoms with Gasteiger partial charge in [0, 0.05) is 18.1 Å². The molecule has 0 bridgehead atoms. The smallest absolute Gasteiger partial charge is 0.161 e. The SMILES string of the molecule is COc1cc(CNC[C@@H](O)c2ccccc2)ccc1OCc1cccc(Cl)c1. The highest BCUT2D eigenvalue weighted by Crippen LogP contribution is 2.29. The van der Waals surface area contributed by atoms with E-state index < -0.39 is 6.10 Å². The number of aliphatic hydroxyl groups is 1. The van der Waals surface area contributed by atoms with Crippen LogP contribution in [0, 0.1) is 0 Å². The van der Waals surface area contributed by atoms with Gasteiger partial charge >= 0.3 is 0 Å². The highest BCUT2D eigenvalue weighted by molar-refractivity contribution is 6.30. The zero-order chi connectivity index (χ0) is 19.8. The molecule has 4 nitrogen and oxygen atoms in total. The summed E-state index contributed by atoms with van der Waals surface area (Å²) in [4.78, 5) is 0. The molecule has 0 aliphatic carbocycles. The van der Waals surface area contributed by atoms with E-state index in [1.54, 1.807) is 7.11 Å². The summed E-state index contributed by atoms with van der Waals surface area (Å²) in [6.07, 6.45) is -0.539. The Balaban J connectivity index is 1.55. The minimum atomic E-state index is -0.539. The number of methoxy groups -OCH3 is 1. The van der Waals surface area contributed by atoms with Crippen molar-refractivity contribution in [2.24, 2.45) is 0 Å². The van der Waals surface area contributed by atoms with Crippen molar-refractivity contribution in [1.29, 1.82) is 0 Å². The Kier molecular flexibility index (Phi) is 7.31. The van der Waals surface area contributed by atoms with Crippen molar-refractivity contribution in [1.82, 2.24) is 5.32 Å². The third-order valence-electron chi connectivity index (χ3n) is 4.36. The first-order valence-electron chi connectivity index (χ1n) is 9.13. The van der Waals surface area contributed by atoms with E-state index in [-0.39, 0.29) is 0 Å². The number of nitrogens with one attached hydrogen (secondary N) is 1. The molecular formula is C23H24ClNO3. The van der Waals surface area contributed by atoms with Crippen molar-refractivity contribution in [3.05, 3.63) is 94.5 Å². The van der Waals surface area contributed by atoms with Gasteiger partial charge in [-0.25, -0.2) is 0 Å². The number of hydrogen-bond acceptors (Lipinski definition) is 4. The number of hydrogen-bond donors (Lipinski definition) is 2. The van der Waals surface area contributed by atoms with Crippen LogP contribution >= 0.6 is 11.6 Å². The molecule has 5 heteroatoms. The predicted molar refractivity (Wildman–Crippen MR) is 112 cm³/mol. The maximum atomic E-state index is 10.2. The van der Waals surface area contributed by atoms with E-state index in [0.29, 0.717) is 36.2 Å². The molecule has 0 radical (unpaired) electrons. The van der Waals surface area contributed by atoms with Gasteiger partial charge in [0.05, 0.1) is 13.2 Å². The topological polar surface area (TPSA) is 50.7 Å². The molecule has 0 spiro atoms. The van der Waals surface area contributed by atoms with Crippen LogP contribution in [0.5, 0.6) is 11.5 Å². The van der Waals surface area contributed by atoms with Gasteiger partial charge in [0.15, 0.2) is 11.5 Å². The Morgan fingerprint density at radius 2 is 1.75 bits per heavy atom. The Bertz CT molecular complexity index is 886. The normalized spacial score (nSPS) is 11.8.